The van der Waals surface area contributed by atoms with Gasteiger partial charge in [0.25, 0.3) is 5.91 Å². The van der Waals surface area contributed by atoms with Crippen molar-refractivity contribution in [3.05, 3.63) is 65.7 Å². The van der Waals surface area contributed by atoms with Crippen molar-refractivity contribution in [1.29, 1.82) is 0 Å². The normalized spacial score (nSPS) is 11.0. The van der Waals surface area contributed by atoms with E-state index in [1.54, 1.807) is 26.2 Å². The topological polar surface area (TPSA) is 86.8 Å². The summed E-state index contributed by atoms with van der Waals surface area (Å²) in [6.07, 6.45) is 1.70. The van der Waals surface area contributed by atoms with Crippen LogP contribution in [-0.2, 0) is 21.2 Å². The van der Waals surface area contributed by atoms with Gasteiger partial charge in [0.1, 0.15) is 6.54 Å². The molecule has 0 aliphatic heterocycles. The molecule has 0 fully saturated rings. The summed E-state index contributed by atoms with van der Waals surface area (Å²) >= 11 is 0. The van der Waals surface area contributed by atoms with Crippen molar-refractivity contribution in [1.82, 2.24) is 10.2 Å². The van der Waals surface area contributed by atoms with Crippen LogP contribution in [0, 0.1) is 0 Å². The molecule has 7 nitrogen and oxygen atoms in total. The number of amides is 2. The van der Waals surface area contributed by atoms with Crippen LogP contribution in [0.1, 0.15) is 15.9 Å². The van der Waals surface area contributed by atoms with Crippen LogP contribution >= 0.6 is 0 Å². The lowest BCUT2D eigenvalue weighted by molar-refractivity contribution is -0.119. The molecule has 0 saturated carbocycles. The second-order valence-corrected chi connectivity index (χ2v) is 8.51. The second-order valence-electron chi connectivity index (χ2n) is 6.60. The molecule has 0 aliphatic rings. The zero-order valence-electron chi connectivity index (χ0n) is 16.3. The van der Waals surface area contributed by atoms with E-state index in [0.29, 0.717) is 24.2 Å². The minimum Gasteiger partial charge on any atom is -0.354 e. The maximum Gasteiger partial charge on any atom is 0.253 e. The Kier molecular flexibility index (Phi) is 7.17. The summed E-state index contributed by atoms with van der Waals surface area (Å²) in [5.41, 5.74) is 1.86. The van der Waals surface area contributed by atoms with Gasteiger partial charge >= 0.3 is 0 Å². The van der Waals surface area contributed by atoms with Crippen molar-refractivity contribution < 1.29 is 18.0 Å². The van der Waals surface area contributed by atoms with Gasteiger partial charge in [-0.05, 0) is 36.2 Å². The number of hydrogen-bond donors (Lipinski definition) is 1. The van der Waals surface area contributed by atoms with Crippen LogP contribution in [0.4, 0.5) is 5.69 Å². The Balaban J connectivity index is 2.03. The highest BCUT2D eigenvalue weighted by Crippen LogP contribution is 2.18. The fourth-order valence-electron chi connectivity index (χ4n) is 2.61. The zero-order chi connectivity index (χ0) is 20.7. The minimum absolute atomic E-state index is 0.184. The molecule has 0 spiro atoms. The van der Waals surface area contributed by atoms with Crippen LogP contribution in [-0.4, -0.2) is 58.6 Å². The van der Waals surface area contributed by atoms with Crippen molar-refractivity contribution in [3.8, 4) is 0 Å². The molecule has 8 heteroatoms. The second kappa shape index (κ2) is 9.36. The molecule has 0 heterocycles. The standard InChI is InChI=1S/C20H25N3O4S/c1-22(2)20(25)17-9-11-18(12-10-17)23(28(3,26)27)15-19(24)21-14-13-16-7-5-4-6-8-16/h4-12H,13-15H2,1-3H3,(H,21,24). The van der Waals surface area contributed by atoms with E-state index in [9.17, 15) is 18.0 Å². The van der Waals surface area contributed by atoms with Gasteiger partial charge in [-0.1, -0.05) is 30.3 Å². The van der Waals surface area contributed by atoms with E-state index >= 15 is 0 Å². The number of nitrogens with zero attached hydrogens (tertiary/aromatic N) is 2. The van der Waals surface area contributed by atoms with Crippen molar-refractivity contribution in [2.75, 3.05) is 37.7 Å². The molecule has 2 rings (SSSR count). The van der Waals surface area contributed by atoms with Gasteiger partial charge in [-0.15, -0.1) is 0 Å². The number of carbonyl (C=O) groups excluding carboxylic acids is 2. The predicted molar refractivity (Wildman–Crippen MR) is 110 cm³/mol. The Labute approximate surface area is 166 Å². The van der Waals surface area contributed by atoms with E-state index in [1.165, 1.54) is 17.0 Å². The summed E-state index contributed by atoms with van der Waals surface area (Å²) in [6, 6.07) is 15.8. The lowest BCUT2D eigenvalue weighted by atomic mass is 10.1. The summed E-state index contributed by atoms with van der Waals surface area (Å²) < 4.78 is 25.3. The van der Waals surface area contributed by atoms with Crippen LogP contribution in [0.15, 0.2) is 54.6 Å². The van der Waals surface area contributed by atoms with Gasteiger partial charge in [-0.2, -0.15) is 0 Å². The fraction of sp³-hybridized carbons (Fsp3) is 0.300. The van der Waals surface area contributed by atoms with E-state index in [4.69, 9.17) is 0 Å². The molecule has 0 bridgehead atoms. The molecule has 1 N–H and O–H groups in total. The maximum atomic E-state index is 12.3. The van der Waals surface area contributed by atoms with Gasteiger partial charge in [-0.3, -0.25) is 13.9 Å². The predicted octanol–water partition coefficient (Wildman–Crippen LogP) is 1.51. The molecule has 2 aromatic carbocycles. The van der Waals surface area contributed by atoms with Gasteiger partial charge in [-0.25, -0.2) is 8.42 Å². The summed E-state index contributed by atoms with van der Waals surface area (Å²) in [4.78, 5) is 25.6. The monoisotopic (exact) mass is 403 g/mol. The molecule has 0 radical (unpaired) electrons. The average Bonchev–Trinajstić information content (AvgIpc) is 2.65. The van der Waals surface area contributed by atoms with E-state index in [2.05, 4.69) is 5.32 Å². The first-order valence-electron chi connectivity index (χ1n) is 8.78. The molecule has 28 heavy (non-hydrogen) atoms. The largest absolute Gasteiger partial charge is 0.354 e. The van der Waals surface area contributed by atoms with Crippen LogP contribution in [0.3, 0.4) is 0 Å². The average molecular weight is 404 g/mol. The Morgan fingerprint density at radius 2 is 1.57 bits per heavy atom. The molecular weight excluding hydrogens is 378 g/mol. The third kappa shape index (κ3) is 6.09. The highest BCUT2D eigenvalue weighted by molar-refractivity contribution is 7.92. The highest BCUT2D eigenvalue weighted by Gasteiger charge is 2.21. The Morgan fingerprint density at radius 1 is 0.964 bits per heavy atom. The van der Waals surface area contributed by atoms with Crippen molar-refractivity contribution in [2.24, 2.45) is 0 Å². The van der Waals surface area contributed by atoms with E-state index in [0.717, 1.165) is 16.1 Å². The number of carbonyl (C=O) groups is 2. The zero-order valence-corrected chi connectivity index (χ0v) is 17.1. The van der Waals surface area contributed by atoms with Gasteiger partial charge < -0.3 is 10.2 Å². The third-order valence-corrected chi connectivity index (χ3v) is 5.22. The molecular formula is C20H25N3O4S. The first kappa shape index (κ1) is 21.4. The molecule has 150 valence electrons. The van der Waals surface area contributed by atoms with E-state index in [1.807, 2.05) is 30.3 Å². The van der Waals surface area contributed by atoms with Crippen molar-refractivity contribution in [3.63, 3.8) is 0 Å². The third-order valence-electron chi connectivity index (χ3n) is 4.07. The number of benzene rings is 2. The molecule has 2 aromatic rings. The maximum absolute atomic E-state index is 12.3. The van der Waals surface area contributed by atoms with Gasteiger partial charge in [0.05, 0.1) is 11.9 Å². The Morgan fingerprint density at radius 3 is 2.11 bits per heavy atom. The van der Waals surface area contributed by atoms with Gasteiger partial charge in [0.2, 0.25) is 15.9 Å². The molecule has 0 aliphatic carbocycles. The van der Waals surface area contributed by atoms with Crippen molar-refractivity contribution >= 4 is 27.5 Å². The summed E-state index contributed by atoms with van der Waals surface area (Å²) in [5, 5.41) is 2.74. The number of anilines is 1. The number of hydrogen-bond acceptors (Lipinski definition) is 4. The van der Waals surface area contributed by atoms with Crippen molar-refractivity contribution in [2.45, 2.75) is 6.42 Å². The first-order chi connectivity index (χ1) is 13.2. The molecule has 0 saturated heterocycles. The van der Waals surface area contributed by atoms with Crippen LogP contribution in [0.5, 0.6) is 0 Å². The lowest BCUT2D eigenvalue weighted by Crippen LogP contribution is -2.41. The Hall–Kier alpha value is -2.87. The highest BCUT2D eigenvalue weighted by atomic mass is 32.2. The van der Waals surface area contributed by atoms with E-state index in [-0.39, 0.29) is 12.5 Å². The van der Waals surface area contributed by atoms with Gasteiger partial charge in [0, 0.05) is 26.2 Å². The molecule has 2 amide bonds. The Bertz CT molecular complexity index is 910. The summed E-state index contributed by atoms with van der Waals surface area (Å²) in [5.74, 6) is -0.578. The van der Waals surface area contributed by atoms with Crippen LogP contribution in [0.25, 0.3) is 0 Å². The van der Waals surface area contributed by atoms with E-state index < -0.39 is 15.9 Å². The lowest BCUT2D eigenvalue weighted by Gasteiger charge is -2.22. The quantitative estimate of drug-likeness (QED) is 0.724. The number of nitrogens with one attached hydrogen (secondary N) is 1. The summed E-state index contributed by atoms with van der Waals surface area (Å²) in [6.45, 7) is 0.0886. The number of sulfonamides is 1. The van der Waals surface area contributed by atoms with Crippen LogP contribution in [0.2, 0.25) is 0 Å². The SMILES string of the molecule is CN(C)C(=O)c1ccc(N(CC(=O)NCCc2ccccc2)S(C)(=O)=O)cc1. The fourth-order valence-corrected chi connectivity index (χ4v) is 3.46. The molecule has 0 aromatic heterocycles. The smallest absolute Gasteiger partial charge is 0.253 e. The van der Waals surface area contributed by atoms with Crippen LogP contribution < -0.4 is 9.62 Å². The summed E-state index contributed by atoms with van der Waals surface area (Å²) in [7, 11) is -0.387. The van der Waals surface area contributed by atoms with Gasteiger partial charge in [0.15, 0.2) is 0 Å². The molecule has 0 unspecified atom stereocenters. The first-order valence-corrected chi connectivity index (χ1v) is 10.6. The minimum atomic E-state index is -3.66. The number of rotatable bonds is 8. The molecule has 0 atom stereocenters.